The van der Waals surface area contributed by atoms with Gasteiger partial charge in [-0.3, -0.25) is 0 Å². The number of rotatable bonds is 2. The van der Waals surface area contributed by atoms with E-state index in [0.717, 1.165) is 18.4 Å². The van der Waals surface area contributed by atoms with Crippen LogP contribution in [0.4, 0.5) is 0 Å². The molecule has 0 radical (unpaired) electrons. The van der Waals surface area contributed by atoms with E-state index in [1.165, 1.54) is 0 Å². The zero-order chi connectivity index (χ0) is 11.8. The monoisotopic (exact) mass is 221 g/mol. The lowest BCUT2D eigenvalue weighted by molar-refractivity contribution is 0.131. The summed E-state index contributed by atoms with van der Waals surface area (Å²) in [6.45, 7) is 4.28. The fourth-order valence-corrected chi connectivity index (χ4v) is 2.34. The lowest BCUT2D eigenvalue weighted by atomic mass is 10.00. The summed E-state index contributed by atoms with van der Waals surface area (Å²) in [5.41, 5.74) is 0.873. The van der Waals surface area contributed by atoms with E-state index >= 15 is 0 Å². The predicted octanol–water partition coefficient (Wildman–Crippen LogP) is 1.96. The normalized spacial score (nSPS) is 25.6. The second-order valence-electron chi connectivity index (χ2n) is 5.21. The number of nitrogens with one attached hydrogen (secondary N) is 1. The molecule has 0 bridgehead atoms. The molecule has 0 spiro atoms. The maximum absolute atomic E-state index is 10.2. The molecule has 2 rings (SSSR count). The van der Waals surface area contributed by atoms with E-state index in [-0.39, 0.29) is 17.3 Å². The summed E-state index contributed by atoms with van der Waals surface area (Å²) in [7, 11) is 0. The number of phenols is 1. The van der Waals surface area contributed by atoms with Gasteiger partial charge in [0, 0.05) is 11.6 Å². The first-order valence-electron chi connectivity index (χ1n) is 5.73. The molecule has 0 amide bonds. The minimum absolute atomic E-state index is 0.0804. The van der Waals surface area contributed by atoms with Gasteiger partial charge >= 0.3 is 0 Å². The van der Waals surface area contributed by atoms with Crippen molar-refractivity contribution in [2.75, 3.05) is 0 Å². The Morgan fingerprint density at radius 2 is 2.19 bits per heavy atom. The van der Waals surface area contributed by atoms with Crippen LogP contribution in [0.3, 0.4) is 0 Å². The van der Waals surface area contributed by atoms with Crippen LogP contribution in [-0.2, 0) is 0 Å². The quantitative estimate of drug-likeness (QED) is 0.715. The van der Waals surface area contributed by atoms with Gasteiger partial charge in [0.1, 0.15) is 5.75 Å². The molecule has 2 atom stereocenters. The molecule has 0 aliphatic carbocycles. The van der Waals surface area contributed by atoms with Crippen LogP contribution in [0.5, 0.6) is 5.75 Å². The third kappa shape index (κ3) is 2.36. The number of aliphatic hydroxyl groups is 1. The molecule has 1 heterocycles. The lowest BCUT2D eigenvalue weighted by Crippen LogP contribution is -2.40. The topological polar surface area (TPSA) is 52.5 Å². The van der Waals surface area contributed by atoms with Crippen LogP contribution < -0.4 is 5.32 Å². The summed E-state index contributed by atoms with van der Waals surface area (Å²) in [5, 5.41) is 23.0. The highest BCUT2D eigenvalue weighted by atomic mass is 16.3. The summed E-state index contributed by atoms with van der Waals surface area (Å²) < 4.78 is 0. The number of hydrogen-bond donors (Lipinski definition) is 3. The SMILES string of the molecule is CC1(C)CC[C@@H]([C@@H](O)c2cccc(O)c2)N1. The molecule has 1 aliphatic heterocycles. The molecule has 3 nitrogen and oxygen atoms in total. The molecule has 0 saturated carbocycles. The molecular weight excluding hydrogens is 202 g/mol. The first-order chi connectivity index (χ1) is 7.48. The third-order valence-electron chi connectivity index (χ3n) is 3.25. The van der Waals surface area contributed by atoms with Gasteiger partial charge in [-0.2, -0.15) is 0 Å². The number of phenolic OH excluding ortho intramolecular Hbond substituents is 1. The zero-order valence-corrected chi connectivity index (χ0v) is 9.77. The maximum Gasteiger partial charge on any atom is 0.115 e. The second kappa shape index (κ2) is 4.07. The van der Waals surface area contributed by atoms with Crippen LogP contribution in [0.2, 0.25) is 0 Å². The van der Waals surface area contributed by atoms with E-state index in [1.54, 1.807) is 18.2 Å². The Balaban J connectivity index is 2.11. The molecule has 1 aromatic carbocycles. The Bertz CT molecular complexity index is 376. The highest BCUT2D eigenvalue weighted by Gasteiger charge is 2.34. The Hall–Kier alpha value is -1.06. The Labute approximate surface area is 96.1 Å². The maximum atomic E-state index is 10.2. The van der Waals surface area contributed by atoms with Crippen molar-refractivity contribution in [1.82, 2.24) is 5.32 Å². The fraction of sp³-hybridized carbons (Fsp3) is 0.538. The predicted molar refractivity (Wildman–Crippen MR) is 63.3 cm³/mol. The standard InChI is InChI=1S/C13H19NO2/c1-13(2)7-6-11(14-13)12(16)9-4-3-5-10(15)8-9/h3-5,8,11-12,14-16H,6-7H2,1-2H3/t11-,12-/m0/s1. The van der Waals surface area contributed by atoms with E-state index in [2.05, 4.69) is 19.2 Å². The molecule has 0 aromatic heterocycles. The van der Waals surface area contributed by atoms with Gasteiger partial charge in [-0.1, -0.05) is 12.1 Å². The molecule has 88 valence electrons. The van der Waals surface area contributed by atoms with Crippen molar-refractivity contribution in [2.45, 2.75) is 44.4 Å². The van der Waals surface area contributed by atoms with E-state index in [0.29, 0.717) is 0 Å². The summed E-state index contributed by atoms with van der Waals surface area (Å²) in [6, 6.07) is 6.92. The highest BCUT2D eigenvalue weighted by molar-refractivity contribution is 5.29. The smallest absolute Gasteiger partial charge is 0.115 e. The summed E-state index contributed by atoms with van der Waals surface area (Å²) in [4.78, 5) is 0. The van der Waals surface area contributed by atoms with Crippen LogP contribution in [0, 0.1) is 0 Å². The largest absolute Gasteiger partial charge is 0.508 e. The van der Waals surface area contributed by atoms with Gasteiger partial charge in [0.25, 0.3) is 0 Å². The van der Waals surface area contributed by atoms with Crippen LogP contribution >= 0.6 is 0 Å². The Morgan fingerprint density at radius 3 is 2.75 bits per heavy atom. The average molecular weight is 221 g/mol. The van der Waals surface area contributed by atoms with Crippen molar-refractivity contribution in [3.8, 4) is 5.75 Å². The van der Waals surface area contributed by atoms with Crippen LogP contribution in [0.15, 0.2) is 24.3 Å². The molecule has 16 heavy (non-hydrogen) atoms. The average Bonchev–Trinajstić information content (AvgIpc) is 2.58. The minimum atomic E-state index is -0.547. The minimum Gasteiger partial charge on any atom is -0.508 e. The summed E-state index contributed by atoms with van der Waals surface area (Å²) >= 11 is 0. The van der Waals surface area contributed by atoms with Crippen molar-refractivity contribution in [3.05, 3.63) is 29.8 Å². The van der Waals surface area contributed by atoms with Crippen molar-refractivity contribution in [2.24, 2.45) is 0 Å². The molecule has 0 unspecified atom stereocenters. The first-order valence-corrected chi connectivity index (χ1v) is 5.73. The summed E-state index contributed by atoms with van der Waals surface area (Å²) in [6.07, 6.45) is 1.48. The Kier molecular flexibility index (Phi) is 2.91. The number of aromatic hydroxyl groups is 1. The van der Waals surface area contributed by atoms with Crippen molar-refractivity contribution in [3.63, 3.8) is 0 Å². The van der Waals surface area contributed by atoms with E-state index in [9.17, 15) is 10.2 Å². The van der Waals surface area contributed by atoms with E-state index < -0.39 is 6.10 Å². The highest BCUT2D eigenvalue weighted by Crippen LogP contribution is 2.31. The van der Waals surface area contributed by atoms with Gasteiger partial charge in [0.2, 0.25) is 0 Å². The van der Waals surface area contributed by atoms with Crippen LogP contribution in [0.25, 0.3) is 0 Å². The molecule has 1 aromatic rings. The third-order valence-corrected chi connectivity index (χ3v) is 3.25. The van der Waals surface area contributed by atoms with Gasteiger partial charge in [0.15, 0.2) is 0 Å². The molecule has 1 saturated heterocycles. The van der Waals surface area contributed by atoms with E-state index in [1.807, 2.05) is 6.07 Å². The number of aliphatic hydroxyl groups excluding tert-OH is 1. The second-order valence-corrected chi connectivity index (χ2v) is 5.21. The zero-order valence-electron chi connectivity index (χ0n) is 9.77. The first kappa shape index (κ1) is 11.4. The molecule has 1 fully saturated rings. The van der Waals surface area contributed by atoms with Gasteiger partial charge in [-0.15, -0.1) is 0 Å². The van der Waals surface area contributed by atoms with Crippen LogP contribution in [-0.4, -0.2) is 21.8 Å². The van der Waals surface area contributed by atoms with Crippen molar-refractivity contribution >= 4 is 0 Å². The van der Waals surface area contributed by atoms with Gasteiger partial charge in [-0.05, 0) is 44.4 Å². The molecular formula is C13H19NO2. The molecule has 1 aliphatic rings. The van der Waals surface area contributed by atoms with Crippen LogP contribution in [0.1, 0.15) is 38.4 Å². The van der Waals surface area contributed by atoms with Crippen molar-refractivity contribution in [1.29, 1.82) is 0 Å². The van der Waals surface area contributed by atoms with Gasteiger partial charge < -0.3 is 15.5 Å². The molecule has 3 heteroatoms. The van der Waals surface area contributed by atoms with Gasteiger partial charge in [-0.25, -0.2) is 0 Å². The molecule has 3 N–H and O–H groups in total. The lowest BCUT2D eigenvalue weighted by Gasteiger charge is -2.24. The van der Waals surface area contributed by atoms with Crippen molar-refractivity contribution < 1.29 is 10.2 Å². The van der Waals surface area contributed by atoms with Gasteiger partial charge in [0.05, 0.1) is 6.10 Å². The number of benzene rings is 1. The fourth-order valence-electron chi connectivity index (χ4n) is 2.34. The van der Waals surface area contributed by atoms with E-state index in [4.69, 9.17) is 0 Å². The summed E-state index contributed by atoms with van der Waals surface area (Å²) in [5.74, 6) is 0.203. The Morgan fingerprint density at radius 1 is 1.44 bits per heavy atom. The number of hydrogen-bond acceptors (Lipinski definition) is 3.